The molecule has 4 heteroatoms. The van der Waals surface area contributed by atoms with Crippen molar-refractivity contribution in [2.45, 2.75) is 12.8 Å². The zero-order chi connectivity index (χ0) is 12.1. The molecule has 0 aliphatic carbocycles. The van der Waals surface area contributed by atoms with Crippen LogP contribution in [0.3, 0.4) is 0 Å². The molecule has 1 heterocycles. The Hall–Kier alpha value is -1.32. The lowest BCUT2D eigenvalue weighted by atomic mass is 10.2. The minimum Gasteiger partial charge on any atom is -0.494 e. The first kappa shape index (κ1) is 12.1. The van der Waals surface area contributed by atoms with Crippen LogP contribution in [0.15, 0.2) is 30.3 Å². The van der Waals surface area contributed by atoms with Crippen molar-refractivity contribution in [3.63, 3.8) is 0 Å². The van der Waals surface area contributed by atoms with Gasteiger partial charge in [0.05, 0.1) is 12.1 Å². The molecule has 0 fully saturated rings. The van der Waals surface area contributed by atoms with Gasteiger partial charge in [0.25, 0.3) is 0 Å². The number of nitrogens with zero attached hydrogens (tertiary/aromatic N) is 1. The number of halogens is 1. The predicted molar refractivity (Wildman–Crippen MR) is 70.5 cm³/mol. The van der Waals surface area contributed by atoms with E-state index >= 15 is 0 Å². The molecule has 3 nitrogen and oxygen atoms in total. The summed E-state index contributed by atoms with van der Waals surface area (Å²) in [5.41, 5.74) is 6.27. The molecule has 2 rings (SSSR count). The van der Waals surface area contributed by atoms with Crippen molar-refractivity contribution in [2.24, 2.45) is 5.73 Å². The van der Waals surface area contributed by atoms with Gasteiger partial charge >= 0.3 is 0 Å². The van der Waals surface area contributed by atoms with Crippen molar-refractivity contribution in [3.8, 4) is 5.75 Å². The predicted octanol–water partition coefficient (Wildman–Crippen LogP) is 3.01. The van der Waals surface area contributed by atoms with Crippen molar-refractivity contribution in [1.29, 1.82) is 0 Å². The molecule has 2 aromatic rings. The molecule has 1 aromatic carbocycles. The summed E-state index contributed by atoms with van der Waals surface area (Å²) in [5.74, 6) is 0.823. The number of ether oxygens (including phenoxy) is 1. The normalized spacial score (nSPS) is 10.7. The van der Waals surface area contributed by atoms with Crippen molar-refractivity contribution in [3.05, 3.63) is 35.5 Å². The molecule has 1 aromatic heterocycles. The molecule has 0 unspecified atom stereocenters. The second-order valence-electron chi connectivity index (χ2n) is 3.83. The van der Waals surface area contributed by atoms with Crippen LogP contribution in [0.4, 0.5) is 0 Å². The van der Waals surface area contributed by atoms with E-state index in [-0.39, 0.29) is 0 Å². The van der Waals surface area contributed by atoms with Gasteiger partial charge in [-0.2, -0.15) is 0 Å². The van der Waals surface area contributed by atoms with Crippen molar-refractivity contribution in [2.75, 3.05) is 13.2 Å². The summed E-state index contributed by atoms with van der Waals surface area (Å²) < 4.78 is 5.62. The fraction of sp³-hybridized carbons (Fsp3) is 0.308. The van der Waals surface area contributed by atoms with Gasteiger partial charge in [-0.1, -0.05) is 11.6 Å². The van der Waals surface area contributed by atoms with Gasteiger partial charge in [-0.15, -0.1) is 0 Å². The lowest BCUT2D eigenvalue weighted by molar-refractivity contribution is 0.308. The van der Waals surface area contributed by atoms with Gasteiger partial charge in [0.1, 0.15) is 10.9 Å². The molecule has 0 amide bonds. The van der Waals surface area contributed by atoms with Crippen LogP contribution in [0.2, 0.25) is 5.15 Å². The zero-order valence-corrected chi connectivity index (χ0v) is 10.3. The Kier molecular flexibility index (Phi) is 4.18. The summed E-state index contributed by atoms with van der Waals surface area (Å²) in [6, 6.07) is 9.56. The van der Waals surface area contributed by atoms with E-state index in [9.17, 15) is 0 Å². The average molecular weight is 251 g/mol. The highest BCUT2D eigenvalue weighted by Gasteiger charge is 1.99. The minimum atomic E-state index is 0.498. The molecule has 0 spiro atoms. The highest BCUT2D eigenvalue weighted by molar-refractivity contribution is 6.29. The topological polar surface area (TPSA) is 48.1 Å². The fourth-order valence-electron chi connectivity index (χ4n) is 1.60. The highest BCUT2D eigenvalue weighted by atomic mass is 35.5. The number of hydrogen-bond donors (Lipinski definition) is 1. The quantitative estimate of drug-likeness (QED) is 0.656. The van der Waals surface area contributed by atoms with Gasteiger partial charge in [0.2, 0.25) is 0 Å². The van der Waals surface area contributed by atoms with Gasteiger partial charge in [-0.3, -0.25) is 0 Å². The lowest BCUT2D eigenvalue weighted by Crippen LogP contribution is -2.03. The molecule has 0 aliphatic rings. The first-order valence-corrected chi connectivity index (χ1v) is 6.06. The summed E-state index contributed by atoms with van der Waals surface area (Å²) in [4.78, 5) is 4.25. The second-order valence-corrected chi connectivity index (χ2v) is 4.22. The van der Waals surface area contributed by atoms with Crippen LogP contribution in [0.1, 0.15) is 12.8 Å². The maximum absolute atomic E-state index is 5.85. The van der Waals surface area contributed by atoms with E-state index in [1.807, 2.05) is 24.3 Å². The first-order valence-electron chi connectivity index (χ1n) is 5.69. The molecule has 17 heavy (non-hydrogen) atoms. The van der Waals surface area contributed by atoms with E-state index in [2.05, 4.69) is 4.98 Å². The number of benzene rings is 1. The molecule has 0 saturated heterocycles. The van der Waals surface area contributed by atoms with Crippen LogP contribution in [-0.4, -0.2) is 18.1 Å². The Morgan fingerprint density at radius 1 is 1.18 bits per heavy atom. The van der Waals surface area contributed by atoms with Crippen LogP contribution < -0.4 is 10.5 Å². The lowest BCUT2D eigenvalue weighted by Gasteiger charge is -2.06. The standard InChI is InChI=1S/C13H15ClN2O/c14-13-6-4-10-3-5-11(9-12(10)16-13)17-8-2-1-7-15/h3-6,9H,1-2,7-8,15H2. The molecular weight excluding hydrogens is 236 g/mol. The van der Waals surface area contributed by atoms with Crippen LogP contribution in [0.5, 0.6) is 5.75 Å². The van der Waals surface area contributed by atoms with Crippen molar-refractivity contribution in [1.82, 2.24) is 4.98 Å². The summed E-state index contributed by atoms with van der Waals surface area (Å²) in [6.07, 6.45) is 1.95. The number of unbranched alkanes of at least 4 members (excludes halogenated alkanes) is 1. The highest BCUT2D eigenvalue weighted by Crippen LogP contribution is 2.21. The Morgan fingerprint density at radius 2 is 2.00 bits per heavy atom. The molecule has 0 bridgehead atoms. The summed E-state index contributed by atoms with van der Waals surface area (Å²) in [7, 11) is 0. The first-order chi connectivity index (χ1) is 8.29. The number of hydrogen-bond acceptors (Lipinski definition) is 3. The van der Waals surface area contributed by atoms with Crippen LogP contribution in [0, 0.1) is 0 Å². The van der Waals surface area contributed by atoms with Crippen molar-refractivity contribution < 1.29 is 4.74 Å². The largest absolute Gasteiger partial charge is 0.494 e. The van der Waals surface area contributed by atoms with Crippen LogP contribution >= 0.6 is 11.6 Å². The van der Waals surface area contributed by atoms with Gasteiger partial charge in [0.15, 0.2) is 0 Å². The molecule has 0 atom stereocenters. The second kappa shape index (κ2) is 5.84. The Morgan fingerprint density at radius 3 is 2.82 bits per heavy atom. The van der Waals surface area contributed by atoms with Crippen LogP contribution in [0.25, 0.3) is 10.9 Å². The monoisotopic (exact) mass is 250 g/mol. The number of aromatic nitrogens is 1. The van der Waals surface area contributed by atoms with E-state index in [1.54, 1.807) is 6.07 Å². The number of nitrogens with two attached hydrogens (primary N) is 1. The molecular formula is C13H15ClN2O. The van der Waals surface area contributed by atoms with E-state index in [0.717, 1.165) is 29.5 Å². The average Bonchev–Trinajstić information content (AvgIpc) is 2.34. The molecule has 0 aliphatic heterocycles. The van der Waals surface area contributed by atoms with E-state index in [1.165, 1.54) is 0 Å². The van der Waals surface area contributed by atoms with Gasteiger partial charge < -0.3 is 10.5 Å². The molecule has 0 saturated carbocycles. The maximum Gasteiger partial charge on any atom is 0.129 e. The van der Waals surface area contributed by atoms with Gasteiger partial charge in [-0.25, -0.2) is 4.98 Å². The van der Waals surface area contributed by atoms with Crippen LogP contribution in [-0.2, 0) is 0 Å². The third kappa shape index (κ3) is 3.32. The smallest absolute Gasteiger partial charge is 0.129 e. The third-order valence-corrected chi connectivity index (χ3v) is 2.71. The number of fused-ring (bicyclic) bond motifs is 1. The Labute approximate surface area is 106 Å². The Balaban J connectivity index is 2.08. The third-order valence-electron chi connectivity index (χ3n) is 2.50. The minimum absolute atomic E-state index is 0.498. The maximum atomic E-state index is 5.85. The summed E-state index contributed by atoms with van der Waals surface area (Å²) in [6.45, 7) is 1.39. The summed E-state index contributed by atoms with van der Waals surface area (Å²) in [5, 5.41) is 1.56. The van der Waals surface area contributed by atoms with E-state index in [0.29, 0.717) is 18.3 Å². The fourth-order valence-corrected chi connectivity index (χ4v) is 1.75. The zero-order valence-electron chi connectivity index (χ0n) is 9.53. The summed E-state index contributed by atoms with van der Waals surface area (Å²) >= 11 is 5.85. The van der Waals surface area contributed by atoms with Crippen molar-refractivity contribution >= 4 is 22.5 Å². The van der Waals surface area contributed by atoms with E-state index in [4.69, 9.17) is 22.1 Å². The SMILES string of the molecule is NCCCCOc1ccc2ccc(Cl)nc2c1. The Bertz CT molecular complexity index is 502. The molecule has 90 valence electrons. The van der Waals surface area contributed by atoms with Gasteiger partial charge in [0, 0.05) is 11.5 Å². The van der Waals surface area contributed by atoms with E-state index < -0.39 is 0 Å². The molecule has 0 radical (unpaired) electrons. The number of rotatable bonds is 5. The molecule has 2 N–H and O–H groups in total. The number of pyridine rings is 1. The van der Waals surface area contributed by atoms with Gasteiger partial charge in [-0.05, 0) is 43.7 Å².